The molecule has 1 aromatic heterocycles. The summed E-state index contributed by atoms with van der Waals surface area (Å²) in [6.07, 6.45) is 8.63. The van der Waals surface area contributed by atoms with Gasteiger partial charge >= 0.3 is 7.12 Å². The monoisotopic (exact) mass is 287 g/mol. The highest BCUT2D eigenvalue weighted by Crippen LogP contribution is 2.29. The number of nitrogens with zero attached hydrogens (tertiary/aromatic N) is 3. The molecule has 2 fully saturated rings. The predicted octanol–water partition coefficient (Wildman–Crippen LogP) is 1.89. The van der Waals surface area contributed by atoms with Crippen molar-refractivity contribution < 1.29 is 9.31 Å². The number of rotatable bonds is 2. The Kier molecular flexibility index (Phi) is 3.89. The van der Waals surface area contributed by atoms with E-state index in [0.29, 0.717) is 5.76 Å². The number of anilines is 1. The van der Waals surface area contributed by atoms with Crippen molar-refractivity contribution in [3.05, 3.63) is 24.7 Å². The lowest BCUT2D eigenvalue weighted by molar-refractivity contribution is 0.173. The first-order chi connectivity index (χ1) is 10.1. The van der Waals surface area contributed by atoms with Crippen molar-refractivity contribution in [3.63, 3.8) is 0 Å². The van der Waals surface area contributed by atoms with E-state index in [1.165, 1.54) is 25.7 Å². The van der Waals surface area contributed by atoms with Gasteiger partial charge in [-0.05, 0) is 26.7 Å². The van der Waals surface area contributed by atoms with Gasteiger partial charge in [-0.15, -0.1) is 0 Å². The molecule has 0 spiro atoms. The Morgan fingerprint density at radius 2 is 1.76 bits per heavy atom. The molecule has 0 N–H and O–H groups in total. The molecule has 2 saturated heterocycles. The molecule has 1 aromatic rings. The average molecular weight is 287 g/mol. The van der Waals surface area contributed by atoms with Gasteiger partial charge in [0.15, 0.2) is 0 Å². The fourth-order valence-electron chi connectivity index (χ4n) is 2.65. The smallest absolute Gasteiger partial charge is 0.534 e. The Morgan fingerprint density at radius 1 is 1.14 bits per heavy atom. The molecular weight excluding hydrogens is 265 g/mol. The van der Waals surface area contributed by atoms with Crippen LogP contribution < -0.4 is 10.4 Å². The van der Waals surface area contributed by atoms with Crippen LogP contribution in [0.3, 0.4) is 0 Å². The summed E-state index contributed by atoms with van der Waals surface area (Å²) in [7, 11) is -0.453. The normalized spacial score (nSPS) is 22.1. The lowest BCUT2D eigenvalue weighted by atomic mass is 9.81. The third-order valence-electron chi connectivity index (χ3n) is 4.14. The Labute approximate surface area is 126 Å². The topological polar surface area (TPSA) is 47.5 Å². The Balaban J connectivity index is 1.71. The molecule has 3 rings (SSSR count). The lowest BCUT2D eigenvalue weighted by Gasteiger charge is -2.20. The highest BCUT2D eigenvalue weighted by Gasteiger charge is 2.43. The van der Waals surface area contributed by atoms with Crippen LogP contribution >= 0.6 is 0 Å². The molecule has 0 aliphatic carbocycles. The van der Waals surface area contributed by atoms with Gasteiger partial charge in [-0.3, -0.25) is 0 Å². The summed E-state index contributed by atoms with van der Waals surface area (Å²) in [6.45, 7) is 9.86. The summed E-state index contributed by atoms with van der Waals surface area (Å²) >= 11 is 0. The van der Waals surface area contributed by atoms with Crippen molar-refractivity contribution in [1.29, 1.82) is 0 Å². The summed E-state index contributed by atoms with van der Waals surface area (Å²) in [5.74, 6) is 1.45. The second kappa shape index (κ2) is 5.68. The quantitative estimate of drug-likeness (QED) is 0.777. The summed E-state index contributed by atoms with van der Waals surface area (Å²) in [6, 6.07) is 0. The zero-order valence-corrected chi connectivity index (χ0v) is 12.8. The minimum Gasteiger partial charge on any atom is -0.534 e. The maximum Gasteiger partial charge on any atom is 0.566 e. The fourth-order valence-corrected chi connectivity index (χ4v) is 2.65. The highest BCUT2D eigenvalue weighted by atomic mass is 16.7. The summed E-state index contributed by atoms with van der Waals surface area (Å²) in [5.41, 5.74) is 0.369. The van der Waals surface area contributed by atoms with E-state index in [2.05, 4.69) is 21.4 Å². The molecule has 0 bridgehead atoms. The Morgan fingerprint density at radius 3 is 2.29 bits per heavy atom. The van der Waals surface area contributed by atoms with E-state index in [4.69, 9.17) is 9.31 Å². The van der Waals surface area contributed by atoms with Crippen LogP contribution in [0.25, 0.3) is 0 Å². The minimum absolute atomic E-state index is 0.453. The molecule has 2 aliphatic rings. The molecule has 3 heterocycles. The van der Waals surface area contributed by atoms with Crippen LogP contribution in [-0.4, -0.2) is 35.8 Å². The van der Waals surface area contributed by atoms with Gasteiger partial charge in [0.05, 0.1) is 5.76 Å². The molecule has 0 aromatic carbocycles. The zero-order chi connectivity index (χ0) is 14.9. The molecule has 6 heteroatoms. The number of hydrogen-bond acceptors (Lipinski definition) is 5. The predicted molar refractivity (Wildman–Crippen MR) is 83.5 cm³/mol. The summed E-state index contributed by atoms with van der Waals surface area (Å²) in [5, 5.41) is 0. The van der Waals surface area contributed by atoms with Gasteiger partial charge in [0.1, 0.15) is 5.60 Å². The van der Waals surface area contributed by atoms with Gasteiger partial charge in [-0.2, -0.15) is 0 Å². The third kappa shape index (κ3) is 3.05. The maximum absolute atomic E-state index is 5.84. The van der Waals surface area contributed by atoms with Crippen LogP contribution in [0.1, 0.15) is 39.5 Å². The first kappa shape index (κ1) is 14.4. The van der Waals surface area contributed by atoms with Crippen LogP contribution in [0, 0.1) is 0 Å². The van der Waals surface area contributed by atoms with Crippen molar-refractivity contribution in [2.24, 2.45) is 0 Å². The second-order valence-electron chi connectivity index (χ2n) is 6.22. The molecule has 112 valence electrons. The van der Waals surface area contributed by atoms with E-state index >= 15 is 0 Å². The van der Waals surface area contributed by atoms with Crippen LogP contribution in [0.5, 0.6) is 0 Å². The number of aromatic nitrogens is 2. The molecule has 0 saturated carbocycles. The molecule has 0 unspecified atom stereocenters. The third-order valence-corrected chi connectivity index (χ3v) is 4.14. The van der Waals surface area contributed by atoms with Gasteiger partial charge in [-0.25, -0.2) is 9.97 Å². The van der Waals surface area contributed by atoms with Gasteiger partial charge < -0.3 is 14.2 Å². The van der Waals surface area contributed by atoms with Crippen LogP contribution in [-0.2, 0) is 9.31 Å². The molecule has 0 amide bonds. The van der Waals surface area contributed by atoms with E-state index in [-0.39, 0.29) is 0 Å². The highest BCUT2D eigenvalue weighted by molar-refractivity contribution is 6.62. The van der Waals surface area contributed by atoms with E-state index in [1.807, 2.05) is 13.8 Å². The fraction of sp³-hybridized carbons (Fsp3) is 0.600. The van der Waals surface area contributed by atoms with Crippen molar-refractivity contribution in [1.82, 2.24) is 9.97 Å². The average Bonchev–Trinajstić information content (AvgIpc) is 2.68. The molecular formula is C15H22BN3O2. The van der Waals surface area contributed by atoms with Crippen molar-refractivity contribution in [2.45, 2.75) is 45.1 Å². The van der Waals surface area contributed by atoms with E-state index in [9.17, 15) is 0 Å². The number of hydrogen-bond donors (Lipinski definition) is 0. The largest absolute Gasteiger partial charge is 0.566 e. The van der Waals surface area contributed by atoms with E-state index in [0.717, 1.165) is 24.5 Å². The van der Waals surface area contributed by atoms with Gasteiger partial charge in [0.2, 0.25) is 5.95 Å². The Hall–Kier alpha value is -1.56. The van der Waals surface area contributed by atoms with Gasteiger partial charge in [0, 0.05) is 30.9 Å². The van der Waals surface area contributed by atoms with Crippen molar-refractivity contribution in [2.75, 3.05) is 18.0 Å². The maximum atomic E-state index is 5.84. The second-order valence-corrected chi connectivity index (χ2v) is 6.22. The van der Waals surface area contributed by atoms with Gasteiger partial charge in [0.25, 0.3) is 0 Å². The summed E-state index contributed by atoms with van der Waals surface area (Å²) in [4.78, 5) is 11.2. The first-order valence-electron chi connectivity index (χ1n) is 7.67. The standard InChI is InChI=1S/C15H22BN3O2/c1-12-15(2,3)21-16(20-12)13-10-17-14(18-11-13)19-8-6-4-5-7-9-19/h10-11H,1,4-9H2,2-3H3. The lowest BCUT2D eigenvalue weighted by Crippen LogP contribution is -2.36. The van der Waals surface area contributed by atoms with Crippen LogP contribution in [0.4, 0.5) is 5.95 Å². The van der Waals surface area contributed by atoms with Crippen LogP contribution in [0.2, 0.25) is 0 Å². The van der Waals surface area contributed by atoms with E-state index < -0.39 is 12.7 Å². The molecule has 2 aliphatic heterocycles. The minimum atomic E-state index is -0.464. The summed E-state index contributed by atoms with van der Waals surface area (Å²) < 4.78 is 11.5. The van der Waals surface area contributed by atoms with Crippen molar-refractivity contribution in [3.8, 4) is 0 Å². The zero-order valence-electron chi connectivity index (χ0n) is 12.8. The molecule has 0 atom stereocenters. The molecule has 0 radical (unpaired) electrons. The van der Waals surface area contributed by atoms with Gasteiger partial charge in [-0.1, -0.05) is 19.4 Å². The SMILES string of the molecule is C=C1OB(c2cnc(N3CCCCCC3)nc2)OC1(C)C. The Bertz CT molecular complexity index is 510. The van der Waals surface area contributed by atoms with Crippen LogP contribution in [0.15, 0.2) is 24.7 Å². The molecule has 21 heavy (non-hydrogen) atoms. The van der Waals surface area contributed by atoms with E-state index in [1.54, 1.807) is 12.4 Å². The first-order valence-corrected chi connectivity index (χ1v) is 7.67. The molecule has 5 nitrogen and oxygen atoms in total. The van der Waals surface area contributed by atoms with Crippen molar-refractivity contribution >= 4 is 18.5 Å².